The Morgan fingerprint density at radius 3 is 2.59 bits per heavy atom. The molecule has 22 heavy (non-hydrogen) atoms. The number of amides is 1. The molecule has 0 aliphatic heterocycles. The fraction of sp³-hybridized carbons (Fsp3) is 0.588. The summed E-state index contributed by atoms with van der Waals surface area (Å²) in [7, 11) is 1.97. The second-order valence-electron chi connectivity index (χ2n) is 6.07. The van der Waals surface area contributed by atoms with Gasteiger partial charge in [0.05, 0.1) is 13.2 Å². The van der Waals surface area contributed by atoms with Crippen molar-refractivity contribution in [1.82, 2.24) is 10.4 Å². The molecule has 122 valence electrons. The molecule has 0 aromatic heterocycles. The smallest absolute Gasteiger partial charge is 0.257 e. The van der Waals surface area contributed by atoms with Gasteiger partial charge in [0.1, 0.15) is 0 Å². The van der Waals surface area contributed by atoms with Gasteiger partial charge >= 0.3 is 0 Å². The Balaban J connectivity index is 1.64. The summed E-state index contributed by atoms with van der Waals surface area (Å²) in [6.45, 7) is 0.991. The van der Waals surface area contributed by atoms with Crippen LogP contribution in [0.15, 0.2) is 30.3 Å². The second kappa shape index (κ2) is 8.88. The van der Waals surface area contributed by atoms with Crippen LogP contribution in [0.1, 0.15) is 31.2 Å². The summed E-state index contributed by atoms with van der Waals surface area (Å²) in [4.78, 5) is 19.2. The average molecular weight is 306 g/mol. The van der Waals surface area contributed by atoms with Crippen molar-refractivity contribution >= 4 is 5.91 Å². The van der Waals surface area contributed by atoms with E-state index in [1.54, 1.807) is 0 Å². The molecule has 1 aliphatic rings. The molecule has 1 fully saturated rings. The minimum Gasteiger partial charge on any atom is -0.396 e. The summed E-state index contributed by atoms with van der Waals surface area (Å²) in [5.41, 5.74) is 3.53. The summed E-state index contributed by atoms with van der Waals surface area (Å²) >= 11 is 0. The third kappa shape index (κ3) is 5.40. The summed E-state index contributed by atoms with van der Waals surface area (Å²) in [5, 5.41) is 9.16. The molecule has 1 saturated carbocycles. The van der Waals surface area contributed by atoms with Crippen molar-refractivity contribution in [2.45, 2.75) is 38.3 Å². The Morgan fingerprint density at radius 1 is 1.27 bits per heavy atom. The van der Waals surface area contributed by atoms with Gasteiger partial charge in [-0.2, -0.15) is 0 Å². The Bertz CT molecular complexity index is 444. The van der Waals surface area contributed by atoms with E-state index in [1.165, 1.54) is 0 Å². The van der Waals surface area contributed by atoms with Crippen LogP contribution in [-0.2, 0) is 16.2 Å². The highest BCUT2D eigenvalue weighted by molar-refractivity contribution is 5.76. The van der Waals surface area contributed by atoms with Gasteiger partial charge < -0.3 is 5.11 Å². The molecule has 0 saturated heterocycles. The number of likely N-dealkylation sites (N-methyl/N-ethyl adjacent to an activating group) is 1. The third-order valence-electron chi connectivity index (χ3n) is 4.36. The van der Waals surface area contributed by atoms with E-state index < -0.39 is 0 Å². The number of carbonyl (C=O) groups excluding carboxylic acids is 1. The lowest BCUT2D eigenvalue weighted by Crippen LogP contribution is -2.42. The first kappa shape index (κ1) is 16.9. The molecule has 0 spiro atoms. The van der Waals surface area contributed by atoms with E-state index in [1.807, 2.05) is 37.4 Å². The number of rotatable bonds is 7. The zero-order valence-electron chi connectivity index (χ0n) is 13.2. The average Bonchev–Trinajstić information content (AvgIpc) is 2.56. The number of nitrogens with one attached hydrogen (secondary N) is 1. The summed E-state index contributed by atoms with van der Waals surface area (Å²) in [6, 6.07) is 10.2. The van der Waals surface area contributed by atoms with Gasteiger partial charge in [0.25, 0.3) is 5.91 Å². The molecular weight excluding hydrogens is 280 g/mol. The predicted octanol–water partition coefficient (Wildman–Crippen LogP) is 1.72. The van der Waals surface area contributed by atoms with Crippen molar-refractivity contribution in [2.24, 2.45) is 5.92 Å². The van der Waals surface area contributed by atoms with Gasteiger partial charge in [-0.1, -0.05) is 30.3 Å². The van der Waals surface area contributed by atoms with Crippen LogP contribution in [0.5, 0.6) is 0 Å². The Labute approximate surface area is 132 Å². The maximum atomic E-state index is 11.9. The molecule has 2 rings (SSSR count). The van der Waals surface area contributed by atoms with Crippen LogP contribution in [0.3, 0.4) is 0 Å². The number of aliphatic hydroxyl groups excluding tert-OH is 1. The standard InChI is InChI=1S/C17H26N2O3/c1-19(16-9-7-14(12-20)8-10-16)11-17(21)18-22-13-15-5-3-2-4-6-15/h2-6,14,16,20H,7-13H2,1H3,(H,18,21). The first-order chi connectivity index (χ1) is 10.7. The van der Waals surface area contributed by atoms with Crippen LogP contribution in [0, 0.1) is 5.92 Å². The van der Waals surface area contributed by atoms with Crippen molar-refractivity contribution in [1.29, 1.82) is 0 Å². The van der Waals surface area contributed by atoms with Gasteiger partial charge in [-0.05, 0) is 44.2 Å². The largest absolute Gasteiger partial charge is 0.396 e. The maximum absolute atomic E-state index is 11.9. The minimum absolute atomic E-state index is 0.122. The van der Waals surface area contributed by atoms with Gasteiger partial charge in [0, 0.05) is 12.6 Å². The highest BCUT2D eigenvalue weighted by Crippen LogP contribution is 2.26. The molecule has 0 heterocycles. The first-order valence-electron chi connectivity index (χ1n) is 7.94. The molecule has 0 unspecified atom stereocenters. The fourth-order valence-corrected chi connectivity index (χ4v) is 2.93. The van der Waals surface area contributed by atoms with E-state index in [0.29, 0.717) is 25.1 Å². The topological polar surface area (TPSA) is 61.8 Å². The third-order valence-corrected chi connectivity index (χ3v) is 4.36. The van der Waals surface area contributed by atoms with Gasteiger partial charge in [0.15, 0.2) is 0 Å². The van der Waals surface area contributed by atoms with Crippen molar-refractivity contribution < 1.29 is 14.7 Å². The van der Waals surface area contributed by atoms with Crippen molar-refractivity contribution in [3.63, 3.8) is 0 Å². The number of benzene rings is 1. The molecule has 1 aromatic rings. The number of carbonyl (C=O) groups is 1. The lowest BCUT2D eigenvalue weighted by atomic mass is 9.86. The Kier molecular flexibility index (Phi) is 6.83. The van der Waals surface area contributed by atoms with E-state index in [2.05, 4.69) is 10.4 Å². The number of hydrogen-bond donors (Lipinski definition) is 2. The maximum Gasteiger partial charge on any atom is 0.257 e. The summed E-state index contributed by atoms with van der Waals surface area (Å²) in [6.07, 6.45) is 4.16. The molecule has 2 N–H and O–H groups in total. The van der Waals surface area contributed by atoms with Gasteiger partial charge in [-0.25, -0.2) is 5.48 Å². The van der Waals surface area contributed by atoms with Crippen LogP contribution < -0.4 is 5.48 Å². The molecule has 1 aliphatic carbocycles. The van der Waals surface area contributed by atoms with Crippen LogP contribution in [0.2, 0.25) is 0 Å². The lowest BCUT2D eigenvalue weighted by Gasteiger charge is -2.33. The van der Waals surface area contributed by atoms with E-state index in [4.69, 9.17) is 9.94 Å². The number of hydrogen-bond acceptors (Lipinski definition) is 4. The summed E-state index contributed by atoms with van der Waals surface area (Å²) in [5.74, 6) is 0.315. The molecule has 1 aromatic carbocycles. The van der Waals surface area contributed by atoms with E-state index >= 15 is 0 Å². The second-order valence-corrected chi connectivity index (χ2v) is 6.07. The van der Waals surface area contributed by atoms with Crippen LogP contribution in [0.4, 0.5) is 0 Å². The van der Waals surface area contributed by atoms with Crippen molar-refractivity contribution in [3.05, 3.63) is 35.9 Å². The monoisotopic (exact) mass is 306 g/mol. The van der Waals surface area contributed by atoms with Crippen molar-refractivity contribution in [3.8, 4) is 0 Å². The summed E-state index contributed by atoms with van der Waals surface area (Å²) < 4.78 is 0. The highest BCUT2D eigenvalue weighted by Gasteiger charge is 2.24. The Hall–Kier alpha value is -1.43. The number of nitrogens with zero attached hydrogens (tertiary/aromatic N) is 1. The normalized spacial score (nSPS) is 21.8. The molecular formula is C17H26N2O3. The molecule has 0 bridgehead atoms. The van der Waals surface area contributed by atoms with Gasteiger partial charge in [-0.15, -0.1) is 0 Å². The minimum atomic E-state index is -0.122. The Morgan fingerprint density at radius 2 is 1.95 bits per heavy atom. The van der Waals surface area contributed by atoms with Crippen LogP contribution in [0.25, 0.3) is 0 Å². The zero-order valence-corrected chi connectivity index (χ0v) is 13.2. The van der Waals surface area contributed by atoms with Crippen molar-refractivity contribution in [2.75, 3.05) is 20.2 Å². The molecule has 1 amide bonds. The zero-order chi connectivity index (χ0) is 15.8. The number of aliphatic hydroxyl groups is 1. The fourth-order valence-electron chi connectivity index (χ4n) is 2.93. The quantitative estimate of drug-likeness (QED) is 0.753. The van der Waals surface area contributed by atoms with E-state index in [0.717, 1.165) is 31.2 Å². The van der Waals surface area contributed by atoms with Crippen LogP contribution >= 0.6 is 0 Å². The van der Waals surface area contributed by atoms with Crippen LogP contribution in [-0.4, -0.2) is 42.2 Å². The highest BCUT2D eigenvalue weighted by atomic mass is 16.6. The molecule has 0 atom stereocenters. The molecule has 5 heteroatoms. The molecule has 0 radical (unpaired) electrons. The molecule has 5 nitrogen and oxygen atoms in total. The predicted molar refractivity (Wildman–Crippen MR) is 84.8 cm³/mol. The number of hydroxylamine groups is 1. The lowest BCUT2D eigenvalue weighted by molar-refractivity contribution is -0.136. The van der Waals surface area contributed by atoms with Gasteiger partial charge in [-0.3, -0.25) is 14.5 Å². The SMILES string of the molecule is CN(CC(=O)NOCc1ccccc1)C1CCC(CO)CC1. The first-order valence-corrected chi connectivity index (χ1v) is 7.94. The van der Waals surface area contributed by atoms with E-state index in [-0.39, 0.29) is 12.5 Å². The van der Waals surface area contributed by atoms with Gasteiger partial charge in [0.2, 0.25) is 0 Å². The van der Waals surface area contributed by atoms with E-state index in [9.17, 15) is 4.79 Å².